The molecule has 4 heteroatoms. The van der Waals surface area contributed by atoms with Crippen molar-refractivity contribution in [3.63, 3.8) is 0 Å². The van der Waals surface area contributed by atoms with Crippen molar-refractivity contribution in [3.8, 4) is 11.3 Å². The summed E-state index contributed by atoms with van der Waals surface area (Å²) in [6.45, 7) is 0. The first-order chi connectivity index (χ1) is 9.70. The molecule has 0 saturated heterocycles. The van der Waals surface area contributed by atoms with Crippen LogP contribution in [0.3, 0.4) is 0 Å². The summed E-state index contributed by atoms with van der Waals surface area (Å²) in [5.74, 6) is -0.139. The number of nitrogens with one attached hydrogen (secondary N) is 2. The van der Waals surface area contributed by atoms with Crippen molar-refractivity contribution in [1.29, 1.82) is 0 Å². The Kier molecular flexibility index (Phi) is 3.20. The lowest BCUT2D eigenvalue weighted by Gasteiger charge is -1.99. The molecule has 0 fully saturated rings. The second-order valence-electron chi connectivity index (χ2n) is 4.51. The van der Waals surface area contributed by atoms with E-state index in [0.29, 0.717) is 10.7 Å². The van der Waals surface area contributed by atoms with Gasteiger partial charge in [0.1, 0.15) is 5.69 Å². The Bertz CT molecular complexity index is 778. The van der Waals surface area contributed by atoms with Crippen LogP contribution in [-0.4, -0.2) is 17.9 Å². The van der Waals surface area contributed by atoms with Crippen molar-refractivity contribution in [2.24, 2.45) is 0 Å². The van der Waals surface area contributed by atoms with E-state index in [1.807, 2.05) is 42.5 Å². The molecule has 0 unspecified atom stereocenters. The van der Waals surface area contributed by atoms with Crippen LogP contribution < -0.4 is 5.32 Å². The van der Waals surface area contributed by atoms with E-state index in [1.165, 1.54) is 0 Å². The van der Waals surface area contributed by atoms with Gasteiger partial charge in [-0.05, 0) is 17.7 Å². The van der Waals surface area contributed by atoms with Gasteiger partial charge in [0.05, 0.1) is 5.69 Å². The van der Waals surface area contributed by atoms with Gasteiger partial charge in [0, 0.05) is 22.8 Å². The van der Waals surface area contributed by atoms with Gasteiger partial charge in [-0.1, -0.05) is 48.0 Å². The Morgan fingerprint density at radius 2 is 1.85 bits per heavy atom. The highest BCUT2D eigenvalue weighted by Gasteiger charge is 2.16. The average molecular weight is 285 g/mol. The number of amides is 1. The molecule has 2 aromatic carbocycles. The molecular weight excluding hydrogens is 272 g/mol. The van der Waals surface area contributed by atoms with Crippen LogP contribution in [-0.2, 0) is 0 Å². The second kappa shape index (κ2) is 5.02. The molecule has 0 aliphatic carbocycles. The minimum absolute atomic E-state index is 0.139. The number of carbonyl (C=O) groups excluding carboxylic acids is 1. The van der Waals surface area contributed by atoms with Crippen LogP contribution in [0.1, 0.15) is 10.5 Å². The SMILES string of the molecule is CNC(=O)c1[nH]c(-c2ccccc2)c2cc(Cl)ccc12. The third-order valence-electron chi connectivity index (χ3n) is 3.29. The van der Waals surface area contributed by atoms with Crippen molar-refractivity contribution in [1.82, 2.24) is 10.3 Å². The van der Waals surface area contributed by atoms with E-state index < -0.39 is 0 Å². The maximum Gasteiger partial charge on any atom is 0.268 e. The molecule has 3 aromatic rings. The zero-order valence-electron chi connectivity index (χ0n) is 10.9. The number of aromatic nitrogens is 1. The maximum atomic E-state index is 12.0. The van der Waals surface area contributed by atoms with Gasteiger partial charge in [0.15, 0.2) is 0 Å². The highest BCUT2D eigenvalue weighted by molar-refractivity contribution is 6.31. The monoisotopic (exact) mass is 284 g/mol. The first kappa shape index (κ1) is 12.8. The molecule has 0 bridgehead atoms. The standard InChI is InChI=1S/C16H13ClN2O/c1-18-16(20)15-12-8-7-11(17)9-13(12)14(19-15)10-5-3-2-4-6-10/h2-9,19H,1H3,(H,18,20). The number of H-pyrrole nitrogens is 1. The van der Waals surface area contributed by atoms with Gasteiger partial charge in [-0.2, -0.15) is 0 Å². The predicted octanol–water partition coefficient (Wildman–Crippen LogP) is 3.85. The fourth-order valence-corrected chi connectivity index (χ4v) is 2.51. The second-order valence-corrected chi connectivity index (χ2v) is 4.95. The van der Waals surface area contributed by atoms with Crippen LogP contribution in [0.2, 0.25) is 5.02 Å². The summed E-state index contributed by atoms with van der Waals surface area (Å²) in [6.07, 6.45) is 0. The van der Waals surface area contributed by atoms with E-state index in [4.69, 9.17) is 11.6 Å². The van der Waals surface area contributed by atoms with Crippen molar-refractivity contribution in [3.05, 3.63) is 59.2 Å². The number of halogens is 1. The third-order valence-corrected chi connectivity index (χ3v) is 3.52. The zero-order valence-corrected chi connectivity index (χ0v) is 11.7. The largest absolute Gasteiger partial charge is 0.354 e. The van der Waals surface area contributed by atoms with E-state index >= 15 is 0 Å². The molecule has 20 heavy (non-hydrogen) atoms. The van der Waals surface area contributed by atoms with E-state index in [0.717, 1.165) is 22.0 Å². The van der Waals surface area contributed by atoms with E-state index in [1.54, 1.807) is 13.1 Å². The van der Waals surface area contributed by atoms with Crippen LogP contribution in [0, 0.1) is 0 Å². The zero-order chi connectivity index (χ0) is 14.1. The molecule has 0 saturated carbocycles. The van der Waals surface area contributed by atoms with E-state index in [9.17, 15) is 4.79 Å². The van der Waals surface area contributed by atoms with Crippen LogP contribution >= 0.6 is 11.6 Å². The highest BCUT2D eigenvalue weighted by atomic mass is 35.5. The quantitative estimate of drug-likeness (QED) is 0.738. The number of fused-ring (bicyclic) bond motifs is 1. The Balaban J connectivity index is 2.32. The van der Waals surface area contributed by atoms with Crippen LogP contribution in [0.5, 0.6) is 0 Å². The smallest absolute Gasteiger partial charge is 0.268 e. The number of benzene rings is 2. The molecule has 0 atom stereocenters. The summed E-state index contributed by atoms with van der Waals surface area (Å²) in [6, 6.07) is 15.4. The van der Waals surface area contributed by atoms with Crippen LogP contribution in [0.4, 0.5) is 0 Å². The molecule has 0 radical (unpaired) electrons. The number of hydrogen-bond acceptors (Lipinski definition) is 1. The lowest BCUT2D eigenvalue weighted by atomic mass is 10.1. The maximum absolute atomic E-state index is 12.0. The Morgan fingerprint density at radius 3 is 2.55 bits per heavy atom. The summed E-state index contributed by atoms with van der Waals surface area (Å²) in [7, 11) is 1.62. The third kappa shape index (κ3) is 2.06. The van der Waals surface area contributed by atoms with Gasteiger partial charge in [-0.25, -0.2) is 0 Å². The normalized spacial score (nSPS) is 10.7. The Labute approximate surface area is 121 Å². The highest BCUT2D eigenvalue weighted by Crippen LogP contribution is 2.32. The summed E-state index contributed by atoms with van der Waals surface area (Å²) in [4.78, 5) is 15.2. The molecule has 1 heterocycles. The molecule has 100 valence electrons. The number of aromatic amines is 1. The fourth-order valence-electron chi connectivity index (χ4n) is 2.34. The molecule has 0 spiro atoms. The van der Waals surface area contributed by atoms with Crippen molar-refractivity contribution in [2.45, 2.75) is 0 Å². The minimum atomic E-state index is -0.139. The Morgan fingerprint density at radius 1 is 1.10 bits per heavy atom. The lowest BCUT2D eigenvalue weighted by Crippen LogP contribution is -2.18. The summed E-state index contributed by atoms with van der Waals surface area (Å²) >= 11 is 6.09. The van der Waals surface area contributed by atoms with E-state index in [2.05, 4.69) is 10.3 Å². The van der Waals surface area contributed by atoms with Crippen molar-refractivity contribution >= 4 is 28.3 Å². The van der Waals surface area contributed by atoms with Gasteiger partial charge in [0.2, 0.25) is 0 Å². The van der Waals surface area contributed by atoms with Gasteiger partial charge in [-0.15, -0.1) is 0 Å². The molecule has 0 aliphatic heterocycles. The van der Waals surface area contributed by atoms with Crippen LogP contribution in [0.15, 0.2) is 48.5 Å². The average Bonchev–Trinajstić information content (AvgIpc) is 2.86. The minimum Gasteiger partial charge on any atom is -0.354 e. The fraction of sp³-hybridized carbons (Fsp3) is 0.0625. The molecule has 1 amide bonds. The van der Waals surface area contributed by atoms with Gasteiger partial charge in [-0.3, -0.25) is 4.79 Å². The summed E-state index contributed by atoms with van der Waals surface area (Å²) < 4.78 is 0. The number of rotatable bonds is 2. The molecule has 0 aliphatic rings. The Hall–Kier alpha value is -2.26. The van der Waals surface area contributed by atoms with Gasteiger partial charge >= 0.3 is 0 Å². The first-order valence-corrected chi connectivity index (χ1v) is 6.67. The van der Waals surface area contributed by atoms with Crippen molar-refractivity contribution in [2.75, 3.05) is 7.05 Å². The van der Waals surface area contributed by atoms with Crippen LogP contribution in [0.25, 0.3) is 22.0 Å². The number of carbonyl (C=O) groups is 1. The van der Waals surface area contributed by atoms with Crippen molar-refractivity contribution < 1.29 is 4.79 Å². The van der Waals surface area contributed by atoms with E-state index in [-0.39, 0.29) is 5.91 Å². The molecule has 1 aromatic heterocycles. The predicted molar refractivity (Wildman–Crippen MR) is 82.1 cm³/mol. The van der Waals surface area contributed by atoms with Gasteiger partial charge in [0.25, 0.3) is 5.91 Å². The molecule has 2 N–H and O–H groups in total. The summed E-state index contributed by atoms with van der Waals surface area (Å²) in [5, 5.41) is 5.11. The summed E-state index contributed by atoms with van der Waals surface area (Å²) in [5.41, 5.74) is 2.48. The first-order valence-electron chi connectivity index (χ1n) is 6.29. The molecular formula is C16H13ClN2O. The lowest BCUT2D eigenvalue weighted by molar-refractivity contribution is 0.0960. The topological polar surface area (TPSA) is 44.9 Å². The number of hydrogen-bond donors (Lipinski definition) is 2. The molecule has 3 nitrogen and oxygen atoms in total. The van der Waals surface area contributed by atoms with Gasteiger partial charge < -0.3 is 10.3 Å². The molecule has 3 rings (SSSR count).